The average molecular weight is 238 g/mol. The molecule has 5 heteroatoms. The van der Waals surface area contributed by atoms with E-state index in [1.54, 1.807) is 19.4 Å². The number of rotatable bonds is 4. The summed E-state index contributed by atoms with van der Waals surface area (Å²) in [5.41, 5.74) is 5.54. The lowest BCUT2D eigenvalue weighted by Crippen LogP contribution is -2.50. The van der Waals surface area contributed by atoms with E-state index in [4.69, 9.17) is 5.73 Å². The van der Waals surface area contributed by atoms with Crippen LogP contribution in [0.1, 0.15) is 27.7 Å². The minimum absolute atomic E-state index is 0.0233. The van der Waals surface area contributed by atoms with Gasteiger partial charge in [-0.3, -0.25) is 4.79 Å². The highest BCUT2D eigenvalue weighted by Gasteiger charge is 2.27. The number of imidazole rings is 1. The summed E-state index contributed by atoms with van der Waals surface area (Å²) in [5, 5.41) is 2.98. The van der Waals surface area contributed by atoms with Gasteiger partial charge in [-0.25, -0.2) is 4.98 Å². The van der Waals surface area contributed by atoms with Crippen LogP contribution in [0, 0.1) is 5.41 Å². The van der Waals surface area contributed by atoms with Crippen LogP contribution in [0.5, 0.6) is 0 Å². The molecule has 0 saturated carbocycles. The Bertz CT molecular complexity index is 351. The fraction of sp³-hybridized carbons (Fsp3) is 0.667. The van der Waals surface area contributed by atoms with E-state index in [-0.39, 0.29) is 17.4 Å². The minimum Gasteiger partial charge on any atom is -0.350 e. The topological polar surface area (TPSA) is 72.9 Å². The maximum absolute atomic E-state index is 11.7. The fourth-order valence-corrected chi connectivity index (χ4v) is 1.44. The molecule has 5 nitrogen and oxygen atoms in total. The molecule has 0 bridgehead atoms. The number of aromatic nitrogens is 2. The Hall–Kier alpha value is -1.36. The van der Waals surface area contributed by atoms with Crippen LogP contribution in [0.2, 0.25) is 0 Å². The fourth-order valence-electron chi connectivity index (χ4n) is 1.44. The summed E-state index contributed by atoms with van der Waals surface area (Å²) in [6.07, 6.45) is 5.36. The number of carbonyl (C=O) groups is 1. The smallest absolute Gasteiger partial charge is 0.236 e. The Labute approximate surface area is 102 Å². The molecule has 0 fully saturated rings. The molecule has 0 aliphatic heterocycles. The number of hydrogen-bond acceptors (Lipinski definition) is 3. The lowest BCUT2D eigenvalue weighted by molar-refractivity contribution is -0.123. The molecule has 17 heavy (non-hydrogen) atoms. The van der Waals surface area contributed by atoms with Crippen molar-refractivity contribution in [1.82, 2.24) is 14.9 Å². The van der Waals surface area contributed by atoms with Crippen molar-refractivity contribution in [2.75, 3.05) is 0 Å². The molecule has 1 aromatic rings. The maximum atomic E-state index is 11.7. The summed E-state index contributed by atoms with van der Waals surface area (Å²) >= 11 is 0. The van der Waals surface area contributed by atoms with Crippen molar-refractivity contribution in [2.24, 2.45) is 11.1 Å². The zero-order chi connectivity index (χ0) is 13.1. The zero-order valence-electron chi connectivity index (χ0n) is 11.0. The van der Waals surface area contributed by atoms with Gasteiger partial charge in [0.05, 0.1) is 18.4 Å². The first-order valence-electron chi connectivity index (χ1n) is 5.82. The molecule has 1 aromatic heterocycles. The number of nitrogens with one attached hydrogen (secondary N) is 1. The van der Waals surface area contributed by atoms with Crippen LogP contribution < -0.4 is 11.1 Å². The third-order valence-electron chi connectivity index (χ3n) is 2.73. The van der Waals surface area contributed by atoms with Gasteiger partial charge in [-0.15, -0.1) is 0 Å². The van der Waals surface area contributed by atoms with Crippen LogP contribution in [0.4, 0.5) is 0 Å². The van der Waals surface area contributed by atoms with Gasteiger partial charge in [0.2, 0.25) is 5.91 Å². The Kier molecular flexibility index (Phi) is 4.28. The van der Waals surface area contributed by atoms with Crippen molar-refractivity contribution >= 4 is 5.91 Å². The summed E-state index contributed by atoms with van der Waals surface area (Å²) in [5.74, 6) is -0.120. The summed E-state index contributed by atoms with van der Waals surface area (Å²) < 4.78 is 1.96. The molecule has 0 saturated heterocycles. The molecular formula is C12H22N4O. The maximum Gasteiger partial charge on any atom is 0.236 e. The monoisotopic (exact) mass is 238 g/mol. The van der Waals surface area contributed by atoms with Crippen LogP contribution in [-0.2, 0) is 11.3 Å². The van der Waals surface area contributed by atoms with Crippen molar-refractivity contribution in [3.8, 4) is 0 Å². The number of carbonyl (C=O) groups excluding carboxylic acids is 1. The first-order valence-corrected chi connectivity index (χ1v) is 5.82. The van der Waals surface area contributed by atoms with Crippen molar-refractivity contribution in [1.29, 1.82) is 0 Å². The molecule has 1 heterocycles. The molecule has 1 amide bonds. The third kappa shape index (κ3) is 4.19. The quantitative estimate of drug-likeness (QED) is 0.813. The molecule has 0 radical (unpaired) electrons. The highest BCUT2D eigenvalue weighted by atomic mass is 16.2. The molecule has 3 N–H and O–H groups in total. The van der Waals surface area contributed by atoms with E-state index in [0.717, 1.165) is 0 Å². The van der Waals surface area contributed by atoms with E-state index < -0.39 is 6.04 Å². The van der Waals surface area contributed by atoms with E-state index >= 15 is 0 Å². The number of nitrogens with two attached hydrogens (primary N) is 1. The van der Waals surface area contributed by atoms with Crippen LogP contribution >= 0.6 is 0 Å². The van der Waals surface area contributed by atoms with Gasteiger partial charge in [0.15, 0.2) is 0 Å². The highest BCUT2D eigenvalue weighted by Crippen LogP contribution is 2.20. The van der Waals surface area contributed by atoms with Crippen LogP contribution in [0.25, 0.3) is 0 Å². The number of nitrogens with zero attached hydrogens (tertiary/aromatic N) is 2. The summed E-state index contributed by atoms with van der Waals surface area (Å²) in [7, 11) is 0. The molecule has 96 valence electrons. The predicted octanol–water partition coefficient (Wildman–Crippen LogP) is 0.761. The second-order valence-electron chi connectivity index (χ2n) is 5.48. The van der Waals surface area contributed by atoms with E-state index in [1.807, 2.05) is 10.8 Å². The normalized spacial score (nSPS) is 15.4. The lowest BCUT2D eigenvalue weighted by atomic mass is 9.86. The molecule has 0 aliphatic carbocycles. The Morgan fingerprint density at radius 3 is 2.59 bits per heavy atom. The van der Waals surface area contributed by atoms with Gasteiger partial charge in [0.1, 0.15) is 0 Å². The predicted molar refractivity (Wildman–Crippen MR) is 67.3 cm³/mol. The second-order valence-corrected chi connectivity index (χ2v) is 5.48. The molecular weight excluding hydrogens is 216 g/mol. The molecule has 0 spiro atoms. The summed E-state index contributed by atoms with van der Waals surface area (Å²) in [6, 6.07) is -0.460. The Morgan fingerprint density at radius 2 is 2.18 bits per heavy atom. The van der Waals surface area contributed by atoms with Crippen molar-refractivity contribution in [3.05, 3.63) is 18.7 Å². The van der Waals surface area contributed by atoms with Crippen LogP contribution in [0.3, 0.4) is 0 Å². The molecule has 1 rings (SSSR count). The summed E-state index contributed by atoms with van der Waals surface area (Å²) in [4.78, 5) is 15.7. The van der Waals surface area contributed by atoms with Crippen LogP contribution in [0.15, 0.2) is 18.7 Å². The first kappa shape index (κ1) is 13.7. The largest absolute Gasteiger partial charge is 0.350 e. The molecule has 0 aromatic carbocycles. The SMILES string of the molecule is C[C@H](N)C(=O)NC(Cn1ccnc1)C(C)(C)C. The van der Waals surface area contributed by atoms with Crippen LogP contribution in [-0.4, -0.2) is 27.5 Å². The van der Waals surface area contributed by atoms with Gasteiger partial charge in [-0.2, -0.15) is 0 Å². The Morgan fingerprint density at radius 1 is 1.53 bits per heavy atom. The van der Waals surface area contributed by atoms with Crippen molar-refractivity contribution < 1.29 is 4.79 Å². The number of hydrogen-bond donors (Lipinski definition) is 2. The van der Waals surface area contributed by atoms with E-state index in [2.05, 4.69) is 31.1 Å². The molecule has 2 atom stereocenters. The van der Waals surface area contributed by atoms with Gasteiger partial charge >= 0.3 is 0 Å². The van der Waals surface area contributed by atoms with Gasteiger partial charge in [0.25, 0.3) is 0 Å². The minimum atomic E-state index is -0.484. The van der Waals surface area contributed by atoms with Gasteiger partial charge in [-0.05, 0) is 12.3 Å². The van der Waals surface area contributed by atoms with Gasteiger partial charge < -0.3 is 15.6 Å². The number of amides is 1. The highest BCUT2D eigenvalue weighted by molar-refractivity contribution is 5.81. The van der Waals surface area contributed by atoms with Crippen molar-refractivity contribution in [3.63, 3.8) is 0 Å². The van der Waals surface area contributed by atoms with Gasteiger partial charge in [0, 0.05) is 18.9 Å². The first-order chi connectivity index (χ1) is 7.80. The standard InChI is InChI=1S/C12H22N4O/c1-9(13)11(17)15-10(12(2,3)4)7-16-6-5-14-8-16/h5-6,8-10H,7,13H2,1-4H3,(H,15,17)/t9-,10?/m0/s1. The van der Waals surface area contributed by atoms with E-state index in [9.17, 15) is 4.79 Å². The average Bonchev–Trinajstić information content (AvgIpc) is 2.67. The molecule has 0 aliphatic rings. The zero-order valence-corrected chi connectivity index (χ0v) is 11.0. The van der Waals surface area contributed by atoms with E-state index in [0.29, 0.717) is 6.54 Å². The molecule has 1 unspecified atom stereocenters. The van der Waals surface area contributed by atoms with E-state index in [1.165, 1.54) is 0 Å². The third-order valence-corrected chi connectivity index (χ3v) is 2.73. The van der Waals surface area contributed by atoms with Crippen molar-refractivity contribution in [2.45, 2.75) is 46.3 Å². The van der Waals surface area contributed by atoms with Gasteiger partial charge in [-0.1, -0.05) is 20.8 Å². The second kappa shape index (κ2) is 5.31. The lowest BCUT2D eigenvalue weighted by Gasteiger charge is -2.32. The summed E-state index contributed by atoms with van der Waals surface area (Å²) in [6.45, 7) is 8.66. The Balaban J connectivity index is 2.72.